The van der Waals surface area contributed by atoms with Crippen molar-refractivity contribution in [3.63, 3.8) is 0 Å². The molecule has 0 aromatic heterocycles. The molecule has 1 unspecified atom stereocenters. The largest absolute Gasteiger partial charge is 0.343 e. The van der Waals surface area contributed by atoms with Crippen LogP contribution in [0.4, 0.5) is 0 Å². The van der Waals surface area contributed by atoms with E-state index in [1.165, 1.54) is 18.4 Å². The molecule has 144 valence electrons. The second-order valence-electron chi connectivity index (χ2n) is 8.27. The van der Waals surface area contributed by atoms with Crippen LogP contribution in [0.5, 0.6) is 0 Å². The van der Waals surface area contributed by atoms with Crippen molar-refractivity contribution in [3.8, 4) is 0 Å². The summed E-state index contributed by atoms with van der Waals surface area (Å²) in [4.78, 5) is 17.3. The molecule has 2 aliphatic rings. The number of carbonyl (C=O) groups excluding carboxylic acids is 1. The van der Waals surface area contributed by atoms with Crippen molar-refractivity contribution in [2.24, 2.45) is 11.8 Å². The minimum absolute atomic E-state index is 0.345. The lowest BCUT2D eigenvalue weighted by Crippen LogP contribution is -2.46. The van der Waals surface area contributed by atoms with E-state index in [9.17, 15) is 4.79 Å². The van der Waals surface area contributed by atoms with Gasteiger partial charge in [-0.3, -0.25) is 9.69 Å². The number of rotatable bonds is 6. The van der Waals surface area contributed by atoms with Crippen LogP contribution in [0.15, 0.2) is 30.3 Å². The molecule has 0 radical (unpaired) electrons. The molecule has 26 heavy (non-hydrogen) atoms. The fourth-order valence-corrected chi connectivity index (χ4v) is 4.51. The SMILES string of the molecule is CC(CC(=O)N(C)C1CCN(Cc2ccccc2)CC1)C1CCNCC1. The molecule has 0 spiro atoms. The van der Waals surface area contributed by atoms with Gasteiger partial charge in [-0.15, -0.1) is 0 Å². The van der Waals surface area contributed by atoms with Crippen LogP contribution in [0.3, 0.4) is 0 Å². The highest BCUT2D eigenvalue weighted by molar-refractivity contribution is 5.76. The first-order valence-electron chi connectivity index (χ1n) is 10.4. The molecule has 2 heterocycles. The number of carbonyl (C=O) groups is 1. The Hall–Kier alpha value is -1.39. The zero-order valence-electron chi connectivity index (χ0n) is 16.5. The predicted octanol–water partition coefficient (Wildman–Crippen LogP) is 3.14. The van der Waals surface area contributed by atoms with Gasteiger partial charge in [0.05, 0.1) is 0 Å². The van der Waals surface area contributed by atoms with E-state index in [4.69, 9.17) is 0 Å². The molecule has 1 amide bonds. The van der Waals surface area contributed by atoms with Crippen molar-refractivity contribution in [1.82, 2.24) is 15.1 Å². The summed E-state index contributed by atoms with van der Waals surface area (Å²) in [6.45, 7) is 7.68. The molecule has 4 heteroatoms. The molecular weight excluding hydrogens is 322 g/mol. The Morgan fingerprint density at radius 3 is 2.46 bits per heavy atom. The van der Waals surface area contributed by atoms with Crippen molar-refractivity contribution < 1.29 is 4.79 Å². The van der Waals surface area contributed by atoms with Gasteiger partial charge in [0.2, 0.25) is 5.91 Å². The molecule has 0 saturated carbocycles. The van der Waals surface area contributed by atoms with Gasteiger partial charge in [0.1, 0.15) is 0 Å². The van der Waals surface area contributed by atoms with Gasteiger partial charge in [-0.1, -0.05) is 37.3 Å². The van der Waals surface area contributed by atoms with Gasteiger partial charge in [0, 0.05) is 39.1 Å². The normalized spacial score (nSPS) is 21.5. The number of likely N-dealkylation sites (tertiary alicyclic amines) is 1. The number of piperidine rings is 2. The standard InChI is InChI=1S/C22H35N3O/c1-18(20-8-12-23-13-9-20)16-22(26)24(2)21-10-14-25(15-11-21)17-19-6-4-3-5-7-19/h3-7,18,20-21,23H,8-17H2,1-2H3. The highest BCUT2D eigenvalue weighted by Crippen LogP contribution is 2.26. The van der Waals surface area contributed by atoms with Crippen LogP contribution in [0.1, 0.15) is 44.6 Å². The molecule has 0 aliphatic carbocycles. The predicted molar refractivity (Wildman–Crippen MR) is 107 cm³/mol. The van der Waals surface area contributed by atoms with Crippen LogP contribution in [0.2, 0.25) is 0 Å². The van der Waals surface area contributed by atoms with E-state index in [0.717, 1.165) is 45.6 Å². The first kappa shape index (κ1) is 19.4. The van der Waals surface area contributed by atoms with E-state index < -0.39 is 0 Å². The van der Waals surface area contributed by atoms with Crippen molar-refractivity contribution in [3.05, 3.63) is 35.9 Å². The number of nitrogens with zero attached hydrogens (tertiary/aromatic N) is 2. The van der Waals surface area contributed by atoms with Crippen LogP contribution in [0.25, 0.3) is 0 Å². The lowest BCUT2D eigenvalue weighted by molar-refractivity contribution is -0.134. The van der Waals surface area contributed by atoms with E-state index >= 15 is 0 Å². The van der Waals surface area contributed by atoms with Crippen molar-refractivity contribution in [2.75, 3.05) is 33.2 Å². The summed E-state index contributed by atoms with van der Waals surface area (Å²) in [6.07, 6.45) is 5.34. The Bertz CT molecular complexity index is 548. The van der Waals surface area contributed by atoms with Gasteiger partial charge < -0.3 is 10.2 Å². The minimum atomic E-state index is 0.345. The zero-order chi connectivity index (χ0) is 18.4. The monoisotopic (exact) mass is 357 g/mol. The van der Waals surface area contributed by atoms with Crippen molar-refractivity contribution >= 4 is 5.91 Å². The first-order chi connectivity index (χ1) is 12.6. The zero-order valence-corrected chi connectivity index (χ0v) is 16.5. The Morgan fingerprint density at radius 1 is 1.15 bits per heavy atom. The number of hydrogen-bond acceptors (Lipinski definition) is 3. The van der Waals surface area contributed by atoms with Crippen molar-refractivity contribution in [1.29, 1.82) is 0 Å². The number of hydrogen-bond donors (Lipinski definition) is 1. The molecule has 2 aliphatic heterocycles. The Morgan fingerprint density at radius 2 is 1.81 bits per heavy atom. The number of amides is 1. The quantitative estimate of drug-likeness (QED) is 0.850. The van der Waals surface area contributed by atoms with Gasteiger partial charge >= 0.3 is 0 Å². The highest BCUT2D eigenvalue weighted by atomic mass is 16.2. The molecule has 4 nitrogen and oxygen atoms in total. The third-order valence-corrected chi connectivity index (χ3v) is 6.43. The fourth-order valence-electron chi connectivity index (χ4n) is 4.51. The Labute approximate surface area is 158 Å². The summed E-state index contributed by atoms with van der Waals surface area (Å²) in [5, 5.41) is 3.42. The Kier molecular flexibility index (Phi) is 7.09. The number of nitrogens with one attached hydrogen (secondary N) is 1. The lowest BCUT2D eigenvalue weighted by Gasteiger charge is -2.37. The van der Waals surface area contributed by atoms with E-state index in [-0.39, 0.29) is 0 Å². The average Bonchev–Trinajstić information content (AvgIpc) is 2.69. The summed E-state index contributed by atoms with van der Waals surface area (Å²) < 4.78 is 0. The molecule has 2 fully saturated rings. The Balaban J connectivity index is 1.42. The second-order valence-corrected chi connectivity index (χ2v) is 8.27. The van der Waals surface area contributed by atoms with Gasteiger partial charge in [-0.25, -0.2) is 0 Å². The summed E-state index contributed by atoms with van der Waals surface area (Å²) in [7, 11) is 2.02. The molecule has 1 N–H and O–H groups in total. The maximum Gasteiger partial charge on any atom is 0.222 e. The highest BCUT2D eigenvalue weighted by Gasteiger charge is 2.28. The van der Waals surface area contributed by atoms with Crippen LogP contribution in [-0.4, -0.2) is 55.0 Å². The maximum atomic E-state index is 12.8. The molecule has 1 aromatic carbocycles. The van der Waals surface area contributed by atoms with E-state index in [1.807, 2.05) is 7.05 Å². The summed E-state index contributed by atoms with van der Waals surface area (Å²) >= 11 is 0. The summed E-state index contributed by atoms with van der Waals surface area (Å²) in [5.74, 6) is 1.56. The molecule has 0 bridgehead atoms. The molecule has 1 atom stereocenters. The lowest BCUT2D eigenvalue weighted by atomic mass is 9.84. The van der Waals surface area contributed by atoms with Gasteiger partial charge in [0.15, 0.2) is 0 Å². The summed E-state index contributed by atoms with van der Waals surface area (Å²) in [6, 6.07) is 11.1. The van der Waals surface area contributed by atoms with E-state index in [0.29, 0.717) is 30.2 Å². The van der Waals surface area contributed by atoms with Crippen LogP contribution < -0.4 is 5.32 Å². The van der Waals surface area contributed by atoms with Crippen LogP contribution >= 0.6 is 0 Å². The molecular formula is C22H35N3O. The van der Waals surface area contributed by atoms with Crippen molar-refractivity contribution in [2.45, 2.75) is 51.6 Å². The van der Waals surface area contributed by atoms with E-state index in [1.54, 1.807) is 0 Å². The van der Waals surface area contributed by atoms with Crippen LogP contribution in [0, 0.1) is 11.8 Å². The smallest absolute Gasteiger partial charge is 0.222 e. The second kappa shape index (κ2) is 9.52. The van der Waals surface area contributed by atoms with Gasteiger partial charge in [-0.2, -0.15) is 0 Å². The van der Waals surface area contributed by atoms with Gasteiger partial charge in [-0.05, 0) is 56.2 Å². The molecule has 3 rings (SSSR count). The first-order valence-corrected chi connectivity index (χ1v) is 10.4. The topological polar surface area (TPSA) is 35.6 Å². The third kappa shape index (κ3) is 5.31. The fraction of sp³-hybridized carbons (Fsp3) is 0.682. The summed E-state index contributed by atoms with van der Waals surface area (Å²) in [5.41, 5.74) is 1.38. The minimum Gasteiger partial charge on any atom is -0.343 e. The third-order valence-electron chi connectivity index (χ3n) is 6.43. The van der Waals surface area contributed by atoms with E-state index in [2.05, 4.69) is 52.4 Å². The number of benzene rings is 1. The average molecular weight is 358 g/mol. The van der Waals surface area contributed by atoms with Crippen LogP contribution in [-0.2, 0) is 11.3 Å². The molecule has 1 aromatic rings. The molecule has 2 saturated heterocycles. The van der Waals surface area contributed by atoms with Gasteiger partial charge in [0.25, 0.3) is 0 Å². The maximum absolute atomic E-state index is 12.8.